The Hall–Kier alpha value is -1.87. The van der Waals surface area contributed by atoms with Crippen molar-refractivity contribution in [1.29, 1.82) is 0 Å². The van der Waals surface area contributed by atoms with E-state index >= 15 is 0 Å². The van der Waals surface area contributed by atoms with Crippen molar-refractivity contribution in [3.63, 3.8) is 0 Å². The highest BCUT2D eigenvalue weighted by molar-refractivity contribution is 5.76. The van der Waals surface area contributed by atoms with E-state index in [-0.39, 0.29) is 17.7 Å². The average Bonchev–Trinajstić information content (AvgIpc) is 3.05. The molecule has 0 aliphatic heterocycles. The highest BCUT2D eigenvalue weighted by Crippen LogP contribution is 2.05. The van der Waals surface area contributed by atoms with E-state index in [2.05, 4.69) is 56.3 Å². The Morgan fingerprint density at radius 2 is 0.652 bits per heavy atom. The molecule has 0 atom stereocenters. The van der Waals surface area contributed by atoms with Crippen LogP contribution in [0.5, 0.6) is 0 Å². The van der Waals surface area contributed by atoms with Gasteiger partial charge in [-0.1, -0.05) is 20.8 Å². The van der Waals surface area contributed by atoms with Crippen LogP contribution >= 0.6 is 0 Å². The standard InChI is InChI=1S/C33H72N10O3/c1-4-19-40(28-10-31(44)37-16-13-34)22-7-25-43(26-8-23-41(20-5-2)29-11-32(45)38-17-14-35)27-9-24-42(21-6-3)30-12-33(46)39-18-15-36/h4-30,34-36H2,1-3H3,(H,37,44)(H,38,45)(H,39,46). The summed E-state index contributed by atoms with van der Waals surface area (Å²) >= 11 is 0. The van der Waals surface area contributed by atoms with Crippen LogP contribution in [0, 0.1) is 0 Å². The summed E-state index contributed by atoms with van der Waals surface area (Å²) in [6.45, 7) is 20.7. The number of hydrogen-bond acceptors (Lipinski definition) is 10. The normalized spacial score (nSPS) is 11.6. The molecule has 272 valence electrons. The molecule has 0 aromatic heterocycles. The lowest BCUT2D eigenvalue weighted by molar-refractivity contribution is -0.122. The van der Waals surface area contributed by atoms with Crippen molar-refractivity contribution >= 4 is 17.7 Å². The van der Waals surface area contributed by atoms with E-state index in [9.17, 15) is 14.4 Å². The van der Waals surface area contributed by atoms with Gasteiger partial charge in [0.1, 0.15) is 0 Å². The molecule has 0 heterocycles. The van der Waals surface area contributed by atoms with Crippen LogP contribution < -0.4 is 33.2 Å². The molecule has 9 N–H and O–H groups in total. The number of rotatable bonds is 33. The van der Waals surface area contributed by atoms with E-state index in [4.69, 9.17) is 17.2 Å². The van der Waals surface area contributed by atoms with Gasteiger partial charge in [-0.2, -0.15) is 0 Å². The van der Waals surface area contributed by atoms with E-state index in [0.717, 1.165) is 117 Å². The Bertz CT molecular complexity index is 651. The van der Waals surface area contributed by atoms with Crippen LogP contribution in [0.3, 0.4) is 0 Å². The molecule has 0 aliphatic rings. The molecule has 46 heavy (non-hydrogen) atoms. The van der Waals surface area contributed by atoms with E-state index < -0.39 is 0 Å². The second-order valence-corrected chi connectivity index (χ2v) is 12.1. The number of hydrogen-bond donors (Lipinski definition) is 6. The molecule has 13 nitrogen and oxygen atoms in total. The summed E-state index contributed by atoms with van der Waals surface area (Å²) < 4.78 is 0. The second kappa shape index (κ2) is 31.7. The first-order valence-corrected chi connectivity index (χ1v) is 18.1. The van der Waals surface area contributed by atoms with Gasteiger partial charge in [-0.3, -0.25) is 14.4 Å². The minimum atomic E-state index is 0.0650. The number of nitrogens with two attached hydrogens (primary N) is 3. The first-order valence-electron chi connectivity index (χ1n) is 18.1. The molecule has 0 radical (unpaired) electrons. The maximum absolute atomic E-state index is 12.1. The van der Waals surface area contributed by atoms with Gasteiger partial charge in [-0.15, -0.1) is 0 Å². The minimum absolute atomic E-state index is 0.0650. The lowest BCUT2D eigenvalue weighted by Gasteiger charge is -2.28. The molecule has 0 fully saturated rings. The molecule has 0 saturated heterocycles. The van der Waals surface area contributed by atoms with Gasteiger partial charge < -0.3 is 52.8 Å². The molecule has 0 aromatic rings. The van der Waals surface area contributed by atoms with Gasteiger partial charge in [0.05, 0.1) is 0 Å². The molecule has 0 unspecified atom stereocenters. The van der Waals surface area contributed by atoms with Crippen LogP contribution in [0.25, 0.3) is 0 Å². The van der Waals surface area contributed by atoms with Gasteiger partial charge in [-0.05, 0) is 97.4 Å². The van der Waals surface area contributed by atoms with Crippen molar-refractivity contribution < 1.29 is 14.4 Å². The van der Waals surface area contributed by atoms with Crippen molar-refractivity contribution in [1.82, 2.24) is 35.6 Å². The van der Waals surface area contributed by atoms with Crippen molar-refractivity contribution in [3.8, 4) is 0 Å². The zero-order chi connectivity index (χ0) is 34.3. The molecule has 13 heteroatoms. The fourth-order valence-corrected chi connectivity index (χ4v) is 5.52. The third-order valence-corrected chi connectivity index (χ3v) is 7.83. The van der Waals surface area contributed by atoms with Crippen molar-refractivity contribution in [2.45, 2.75) is 78.6 Å². The SMILES string of the molecule is CCCN(CCCN(CCCN(CCC)CCC(=O)NCCN)CCCN(CCC)CCC(=O)NCCN)CCC(=O)NCCN. The van der Waals surface area contributed by atoms with Gasteiger partial charge in [-0.25, -0.2) is 0 Å². The monoisotopic (exact) mass is 657 g/mol. The lowest BCUT2D eigenvalue weighted by atomic mass is 10.2. The molecule has 0 saturated carbocycles. The van der Waals surface area contributed by atoms with Crippen LogP contribution in [-0.2, 0) is 14.4 Å². The van der Waals surface area contributed by atoms with E-state index in [1.165, 1.54) is 0 Å². The lowest BCUT2D eigenvalue weighted by Crippen LogP contribution is -2.38. The highest BCUT2D eigenvalue weighted by Gasteiger charge is 2.13. The Balaban J connectivity index is 5.10. The van der Waals surface area contributed by atoms with E-state index in [0.29, 0.717) is 58.5 Å². The maximum Gasteiger partial charge on any atom is 0.221 e. The summed E-state index contributed by atoms with van der Waals surface area (Å²) in [4.78, 5) is 46.2. The van der Waals surface area contributed by atoms with Crippen molar-refractivity contribution in [2.24, 2.45) is 17.2 Å². The van der Waals surface area contributed by atoms with Gasteiger partial charge in [0, 0.05) is 78.2 Å². The van der Waals surface area contributed by atoms with E-state index in [1.807, 2.05) is 0 Å². The predicted molar refractivity (Wildman–Crippen MR) is 191 cm³/mol. The van der Waals surface area contributed by atoms with Crippen LogP contribution in [0.15, 0.2) is 0 Å². The molecule has 3 amide bonds. The predicted octanol–water partition coefficient (Wildman–Crippen LogP) is -0.0103. The summed E-state index contributed by atoms with van der Waals surface area (Å²) in [6, 6.07) is 0. The van der Waals surface area contributed by atoms with Gasteiger partial charge in [0.2, 0.25) is 17.7 Å². The maximum atomic E-state index is 12.1. The molecule has 0 rings (SSSR count). The average molecular weight is 657 g/mol. The molecule has 0 aromatic carbocycles. The van der Waals surface area contributed by atoms with Crippen LogP contribution in [0.2, 0.25) is 0 Å². The smallest absolute Gasteiger partial charge is 0.221 e. The molecular formula is C33H72N10O3. The summed E-state index contributed by atoms with van der Waals surface area (Å²) in [5.41, 5.74) is 16.6. The summed E-state index contributed by atoms with van der Waals surface area (Å²) in [5.74, 6) is 0.195. The van der Waals surface area contributed by atoms with Crippen LogP contribution in [0.4, 0.5) is 0 Å². The molecule has 0 aliphatic carbocycles. The quantitative estimate of drug-likeness (QED) is 0.0563. The number of carbonyl (C=O) groups is 3. The van der Waals surface area contributed by atoms with Crippen LogP contribution in [-0.4, -0.2) is 155 Å². The first kappa shape index (κ1) is 44.1. The summed E-state index contributed by atoms with van der Waals surface area (Å²) in [7, 11) is 0. The van der Waals surface area contributed by atoms with Crippen LogP contribution in [0.1, 0.15) is 78.6 Å². The molecule has 0 spiro atoms. The number of amides is 3. The topological polar surface area (TPSA) is 178 Å². The Morgan fingerprint density at radius 1 is 0.413 bits per heavy atom. The second-order valence-electron chi connectivity index (χ2n) is 12.1. The van der Waals surface area contributed by atoms with Gasteiger partial charge in [0.15, 0.2) is 0 Å². The fraction of sp³-hybridized carbons (Fsp3) is 0.909. The Kier molecular flexibility index (Phi) is 30.4. The Morgan fingerprint density at radius 3 is 0.870 bits per heavy atom. The third-order valence-electron chi connectivity index (χ3n) is 7.83. The highest BCUT2D eigenvalue weighted by atomic mass is 16.2. The largest absolute Gasteiger partial charge is 0.355 e. The summed E-state index contributed by atoms with van der Waals surface area (Å²) in [6.07, 6.45) is 7.81. The zero-order valence-electron chi connectivity index (χ0n) is 29.8. The summed E-state index contributed by atoms with van der Waals surface area (Å²) in [5, 5.41) is 8.62. The van der Waals surface area contributed by atoms with Crippen molar-refractivity contribution in [3.05, 3.63) is 0 Å². The zero-order valence-corrected chi connectivity index (χ0v) is 29.8. The third kappa shape index (κ3) is 26.2. The van der Waals surface area contributed by atoms with Crippen molar-refractivity contribution in [2.75, 3.05) is 118 Å². The van der Waals surface area contributed by atoms with E-state index in [1.54, 1.807) is 0 Å². The molecular weight excluding hydrogens is 584 g/mol. The van der Waals surface area contributed by atoms with Gasteiger partial charge in [0.25, 0.3) is 0 Å². The number of nitrogens with one attached hydrogen (secondary N) is 3. The molecule has 0 bridgehead atoms. The minimum Gasteiger partial charge on any atom is -0.355 e. The van der Waals surface area contributed by atoms with Gasteiger partial charge >= 0.3 is 0 Å². The fourth-order valence-electron chi connectivity index (χ4n) is 5.52. The number of nitrogens with zero attached hydrogens (tertiary/aromatic N) is 4. The Labute approximate surface area is 281 Å². The number of carbonyl (C=O) groups excluding carboxylic acids is 3. The first-order chi connectivity index (χ1) is 22.3.